The minimum atomic E-state index is -3.18. The Morgan fingerprint density at radius 3 is 1.58 bits per heavy atom. The molecule has 2 aromatic carbocycles. The van der Waals surface area contributed by atoms with E-state index in [0.717, 1.165) is 0 Å². The second-order valence-electron chi connectivity index (χ2n) is 5.67. The van der Waals surface area contributed by atoms with E-state index in [-0.39, 0.29) is 5.56 Å². The highest BCUT2D eigenvalue weighted by atomic mass is 35.5. The number of ether oxygens (including phenoxy) is 1. The molecule has 0 radical (unpaired) electrons. The number of halogens is 5. The predicted molar refractivity (Wildman–Crippen MR) is 111 cm³/mol. The Labute approximate surface area is 182 Å². The van der Waals surface area contributed by atoms with Gasteiger partial charge in [0, 0.05) is 5.56 Å². The molecule has 2 rings (SSSR count). The van der Waals surface area contributed by atoms with Crippen LogP contribution < -0.4 is 0 Å². The summed E-state index contributed by atoms with van der Waals surface area (Å²) in [7, 11) is 0. The van der Waals surface area contributed by atoms with Crippen LogP contribution in [0, 0.1) is 0 Å². The van der Waals surface area contributed by atoms with Gasteiger partial charge >= 0.3 is 5.97 Å². The molecule has 0 aliphatic heterocycles. The molecule has 0 fully saturated rings. The van der Waals surface area contributed by atoms with Gasteiger partial charge in [-0.3, -0.25) is 4.79 Å². The average Bonchev–Trinajstić information content (AvgIpc) is 2.79. The largest absolute Gasteiger partial charge is 0.455 e. The van der Waals surface area contributed by atoms with Crippen molar-refractivity contribution in [1.29, 1.82) is 0 Å². The number of hydrogen-bond acceptors (Lipinski definition) is 4. The third-order valence-corrected chi connectivity index (χ3v) is 3.43. The molecule has 31 heavy (non-hydrogen) atoms. The monoisotopic (exact) mass is 460 g/mol. The standard InChI is InChI=1S/C11H10F2O2.C7H5ClO.C4H6F2O/c1-2-11(12,13)8-15-10(14)9-6-4-3-5-7-9;8-7(9)6-4-2-1-3-5-6;1-2-4(5,6)3-7/h2-7H,1,8H2;1-5H;2,7H,1,3H2. The van der Waals surface area contributed by atoms with Gasteiger partial charge in [-0.05, 0) is 35.9 Å². The van der Waals surface area contributed by atoms with Crippen molar-refractivity contribution in [2.75, 3.05) is 13.2 Å². The number of aliphatic hydroxyl groups is 1. The van der Waals surface area contributed by atoms with E-state index in [1.807, 2.05) is 6.07 Å². The molecule has 0 saturated carbocycles. The zero-order valence-electron chi connectivity index (χ0n) is 16.3. The summed E-state index contributed by atoms with van der Waals surface area (Å²) in [5.74, 6) is -7.04. The highest BCUT2D eigenvalue weighted by Crippen LogP contribution is 2.15. The number of carbonyl (C=O) groups is 2. The predicted octanol–water partition coefficient (Wildman–Crippen LogP) is 5.53. The second kappa shape index (κ2) is 14.1. The lowest BCUT2D eigenvalue weighted by Gasteiger charge is -2.11. The lowest BCUT2D eigenvalue weighted by Crippen LogP contribution is -2.22. The summed E-state index contributed by atoms with van der Waals surface area (Å²) in [6.45, 7) is 3.60. The Balaban J connectivity index is 0.000000479. The Morgan fingerprint density at radius 2 is 1.29 bits per heavy atom. The van der Waals surface area contributed by atoms with Crippen molar-refractivity contribution in [3.8, 4) is 0 Å². The van der Waals surface area contributed by atoms with E-state index in [1.165, 1.54) is 12.1 Å². The molecule has 9 heteroatoms. The molecule has 0 aliphatic rings. The van der Waals surface area contributed by atoms with Crippen molar-refractivity contribution in [3.05, 3.63) is 97.1 Å². The molecule has 0 amide bonds. The van der Waals surface area contributed by atoms with Crippen LogP contribution in [0.15, 0.2) is 86.0 Å². The number of carbonyl (C=O) groups excluding carboxylic acids is 2. The Kier molecular flexibility index (Phi) is 12.8. The Bertz CT molecular complexity index is 828. The van der Waals surface area contributed by atoms with E-state index in [9.17, 15) is 27.2 Å². The molecule has 1 N–H and O–H groups in total. The van der Waals surface area contributed by atoms with Gasteiger partial charge in [-0.2, -0.15) is 17.6 Å². The number of aliphatic hydroxyl groups excluding tert-OH is 1. The van der Waals surface area contributed by atoms with Crippen LogP contribution in [0.1, 0.15) is 20.7 Å². The number of benzene rings is 2. The van der Waals surface area contributed by atoms with Crippen LogP contribution in [0.5, 0.6) is 0 Å². The molecule has 0 saturated heterocycles. The van der Waals surface area contributed by atoms with Crippen molar-refractivity contribution >= 4 is 22.8 Å². The zero-order valence-corrected chi connectivity index (χ0v) is 17.1. The summed E-state index contributed by atoms with van der Waals surface area (Å²) in [5, 5.41) is 7.37. The molecule has 0 aliphatic carbocycles. The molecule has 0 spiro atoms. The molecule has 0 bridgehead atoms. The van der Waals surface area contributed by atoms with Crippen molar-refractivity contribution in [2.24, 2.45) is 0 Å². The molecular formula is C22H21ClF4O4. The van der Waals surface area contributed by atoms with Crippen molar-refractivity contribution in [2.45, 2.75) is 11.8 Å². The highest BCUT2D eigenvalue weighted by Gasteiger charge is 2.26. The van der Waals surface area contributed by atoms with Crippen LogP contribution in [0.2, 0.25) is 0 Å². The van der Waals surface area contributed by atoms with Gasteiger partial charge in [-0.25, -0.2) is 4.79 Å². The fraction of sp³-hybridized carbons (Fsp3) is 0.182. The third kappa shape index (κ3) is 13.0. The summed E-state index contributed by atoms with van der Waals surface area (Å²) in [6, 6.07) is 16.7. The van der Waals surface area contributed by atoms with E-state index >= 15 is 0 Å². The first-order chi connectivity index (χ1) is 14.5. The quantitative estimate of drug-likeness (QED) is 0.255. The molecule has 2 aromatic rings. The van der Waals surface area contributed by atoms with E-state index in [2.05, 4.69) is 17.9 Å². The van der Waals surface area contributed by atoms with Gasteiger partial charge in [0.15, 0.2) is 6.61 Å². The third-order valence-electron chi connectivity index (χ3n) is 3.21. The fourth-order valence-electron chi connectivity index (χ4n) is 1.51. The Hall–Kier alpha value is -2.97. The van der Waals surface area contributed by atoms with Gasteiger partial charge in [-0.1, -0.05) is 61.7 Å². The molecule has 0 aromatic heterocycles. The number of rotatable bonds is 7. The summed E-state index contributed by atoms with van der Waals surface area (Å²) < 4.78 is 52.7. The van der Waals surface area contributed by atoms with E-state index in [0.29, 0.717) is 17.7 Å². The summed E-state index contributed by atoms with van der Waals surface area (Å²) >= 11 is 5.16. The molecule has 0 heterocycles. The van der Waals surface area contributed by atoms with Crippen LogP contribution in [0.3, 0.4) is 0 Å². The maximum Gasteiger partial charge on any atom is 0.338 e. The van der Waals surface area contributed by atoms with Gasteiger partial charge in [0.1, 0.15) is 6.61 Å². The summed E-state index contributed by atoms with van der Waals surface area (Å²) in [5.41, 5.74) is 0.788. The lowest BCUT2D eigenvalue weighted by molar-refractivity contribution is -0.0258. The maximum atomic E-state index is 12.6. The first-order valence-corrected chi connectivity index (χ1v) is 8.96. The Morgan fingerprint density at radius 1 is 0.871 bits per heavy atom. The summed E-state index contributed by atoms with van der Waals surface area (Å²) in [6.07, 6.45) is 0.859. The first-order valence-electron chi connectivity index (χ1n) is 8.58. The van der Waals surface area contributed by atoms with Crippen LogP contribution in [0.4, 0.5) is 17.6 Å². The van der Waals surface area contributed by atoms with Gasteiger partial charge in [0.05, 0.1) is 5.56 Å². The molecule has 4 nitrogen and oxygen atoms in total. The lowest BCUT2D eigenvalue weighted by atomic mass is 10.2. The normalized spacial score (nSPS) is 10.4. The van der Waals surface area contributed by atoms with Crippen molar-refractivity contribution in [3.63, 3.8) is 0 Å². The maximum absolute atomic E-state index is 12.6. The molecular weight excluding hydrogens is 440 g/mol. The minimum Gasteiger partial charge on any atom is -0.455 e. The van der Waals surface area contributed by atoms with Crippen molar-refractivity contribution < 1.29 is 37.0 Å². The SMILES string of the molecule is C=CC(F)(F)CO.C=CC(F)(F)COC(=O)c1ccccc1.O=C(Cl)c1ccccc1. The molecule has 0 atom stereocenters. The van der Waals surface area contributed by atoms with Crippen LogP contribution in [0.25, 0.3) is 0 Å². The highest BCUT2D eigenvalue weighted by molar-refractivity contribution is 6.67. The topological polar surface area (TPSA) is 63.6 Å². The zero-order chi connectivity index (χ0) is 23.9. The van der Waals surface area contributed by atoms with Gasteiger partial charge in [0.25, 0.3) is 17.1 Å². The smallest absolute Gasteiger partial charge is 0.338 e. The number of esters is 1. The van der Waals surface area contributed by atoms with Crippen LogP contribution in [-0.2, 0) is 4.74 Å². The molecule has 168 valence electrons. The van der Waals surface area contributed by atoms with E-state index in [4.69, 9.17) is 16.7 Å². The average molecular weight is 461 g/mol. The summed E-state index contributed by atoms with van der Waals surface area (Å²) in [4.78, 5) is 21.6. The van der Waals surface area contributed by atoms with E-state index in [1.54, 1.807) is 42.5 Å². The second-order valence-corrected chi connectivity index (χ2v) is 6.01. The van der Waals surface area contributed by atoms with Gasteiger partial charge in [0.2, 0.25) is 0 Å². The van der Waals surface area contributed by atoms with Gasteiger partial charge < -0.3 is 9.84 Å². The fourth-order valence-corrected chi connectivity index (χ4v) is 1.64. The number of alkyl halides is 4. The molecule has 0 unspecified atom stereocenters. The van der Waals surface area contributed by atoms with Crippen LogP contribution in [-0.4, -0.2) is 41.4 Å². The van der Waals surface area contributed by atoms with Crippen LogP contribution >= 0.6 is 11.6 Å². The van der Waals surface area contributed by atoms with E-state index < -0.39 is 36.3 Å². The minimum absolute atomic E-state index is 0.248. The number of hydrogen-bond donors (Lipinski definition) is 1. The van der Waals surface area contributed by atoms with Gasteiger partial charge in [-0.15, -0.1) is 0 Å². The van der Waals surface area contributed by atoms with Crippen molar-refractivity contribution in [1.82, 2.24) is 0 Å². The first kappa shape index (κ1) is 28.0.